The van der Waals surface area contributed by atoms with Gasteiger partial charge in [0.1, 0.15) is 14.9 Å². The zero-order valence-electron chi connectivity index (χ0n) is 16.4. The Labute approximate surface area is 190 Å². The summed E-state index contributed by atoms with van der Waals surface area (Å²) in [5, 5.41) is 15.7. The van der Waals surface area contributed by atoms with Gasteiger partial charge in [0, 0.05) is 23.1 Å². The number of nitro benzene ring substituents is 1. The fraction of sp³-hybridized carbons (Fsp3) is 0.0500. The lowest BCUT2D eigenvalue weighted by Crippen LogP contribution is -2.11. The van der Waals surface area contributed by atoms with E-state index in [1.807, 2.05) is 31.2 Å². The third-order valence-electron chi connectivity index (χ3n) is 4.36. The summed E-state index contributed by atoms with van der Waals surface area (Å²) in [6.07, 6.45) is 1.13. The molecule has 1 amide bonds. The van der Waals surface area contributed by atoms with Gasteiger partial charge in [-0.15, -0.1) is 11.3 Å². The molecule has 4 aromatic rings. The van der Waals surface area contributed by atoms with Crippen molar-refractivity contribution in [1.29, 1.82) is 0 Å². The van der Waals surface area contributed by atoms with Crippen molar-refractivity contribution in [3.8, 4) is 10.6 Å². The van der Waals surface area contributed by atoms with E-state index in [-0.39, 0.29) is 25.6 Å². The van der Waals surface area contributed by atoms with Gasteiger partial charge in [-0.25, -0.2) is 18.4 Å². The summed E-state index contributed by atoms with van der Waals surface area (Å²) >= 11 is 2.11. The molecule has 0 spiro atoms. The molecule has 0 saturated heterocycles. The molecule has 2 aromatic carbocycles. The first-order valence-corrected chi connectivity index (χ1v) is 12.2. The highest BCUT2D eigenvalue weighted by atomic mass is 32.2. The summed E-state index contributed by atoms with van der Waals surface area (Å²) in [5.74, 6) is -0.506. The molecule has 0 aliphatic rings. The lowest BCUT2D eigenvalue weighted by molar-refractivity contribution is -0.384. The summed E-state index contributed by atoms with van der Waals surface area (Å²) in [4.78, 5) is 30.9. The molecule has 162 valence electrons. The van der Waals surface area contributed by atoms with Crippen LogP contribution in [0.4, 0.5) is 10.8 Å². The molecule has 2 aromatic heterocycles. The highest BCUT2D eigenvalue weighted by molar-refractivity contribution is 7.93. The van der Waals surface area contributed by atoms with Crippen LogP contribution in [0.2, 0.25) is 0 Å². The molecule has 0 bridgehead atoms. The van der Waals surface area contributed by atoms with Crippen LogP contribution in [-0.4, -0.2) is 29.2 Å². The Balaban J connectivity index is 1.50. The van der Waals surface area contributed by atoms with Crippen LogP contribution in [0.1, 0.15) is 16.1 Å². The van der Waals surface area contributed by atoms with E-state index in [0.717, 1.165) is 52.9 Å². The number of non-ortho nitro benzene ring substituents is 1. The number of benzene rings is 2. The normalized spacial score (nSPS) is 11.3. The molecule has 9 nitrogen and oxygen atoms in total. The number of anilines is 1. The molecule has 1 N–H and O–H groups in total. The highest BCUT2D eigenvalue weighted by Crippen LogP contribution is 2.30. The van der Waals surface area contributed by atoms with Gasteiger partial charge < -0.3 is 0 Å². The van der Waals surface area contributed by atoms with Gasteiger partial charge in [0.05, 0.1) is 16.0 Å². The molecule has 32 heavy (non-hydrogen) atoms. The number of thiazole rings is 2. The summed E-state index contributed by atoms with van der Waals surface area (Å²) in [7, 11) is -3.93. The van der Waals surface area contributed by atoms with Gasteiger partial charge in [-0.1, -0.05) is 41.2 Å². The zero-order valence-corrected chi connectivity index (χ0v) is 18.8. The topological polar surface area (TPSA) is 132 Å². The molecule has 0 fully saturated rings. The largest absolute Gasteiger partial charge is 0.296 e. The first kappa shape index (κ1) is 21.7. The van der Waals surface area contributed by atoms with Crippen LogP contribution < -0.4 is 5.32 Å². The Hall–Kier alpha value is -3.48. The molecule has 0 atom stereocenters. The molecule has 12 heteroatoms. The summed E-state index contributed by atoms with van der Waals surface area (Å²) in [6.45, 7) is 1.98. The van der Waals surface area contributed by atoms with E-state index >= 15 is 0 Å². The molecule has 0 aliphatic carbocycles. The maximum atomic E-state index is 12.7. The van der Waals surface area contributed by atoms with Gasteiger partial charge in [-0.05, 0) is 19.1 Å². The molecule has 0 unspecified atom stereocenters. The third kappa shape index (κ3) is 4.42. The predicted octanol–water partition coefficient (Wildman–Crippen LogP) is 4.57. The lowest BCUT2D eigenvalue weighted by Gasteiger charge is -2.01. The fourth-order valence-corrected chi connectivity index (χ4v) is 5.91. The van der Waals surface area contributed by atoms with E-state index in [1.54, 1.807) is 5.38 Å². The molecular weight excluding hydrogens is 472 g/mol. The first-order chi connectivity index (χ1) is 15.2. The van der Waals surface area contributed by atoms with Crippen LogP contribution in [0.15, 0.2) is 69.2 Å². The van der Waals surface area contributed by atoms with E-state index in [9.17, 15) is 23.3 Å². The molecule has 0 radical (unpaired) electrons. The van der Waals surface area contributed by atoms with E-state index in [2.05, 4.69) is 15.3 Å². The second kappa shape index (κ2) is 8.57. The maximum absolute atomic E-state index is 12.7. The standard InChI is InChI=1S/C20H14N4O5S3/c1-12-2-4-13(5-3-12)19-22-16(11-30-19)18(25)23-20-21-10-17(31-20)32(28,29)15-8-6-14(7-9-15)24(26)27/h2-11H,1H3,(H,21,23,25). The number of nitrogens with zero attached hydrogens (tertiary/aromatic N) is 3. The average Bonchev–Trinajstić information content (AvgIpc) is 3.45. The predicted molar refractivity (Wildman–Crippen MR) is 121 cm³/mol. The second-order valence-corrected chi connectivity index (χ2v) is 10.7. The van der Waals surface area contributed by atoms with E-state index in [4.69, 9.17) is 0 Å². The number of amides is 1. The minimum Gasteiger partial charge on any atom is -0.296 e. The van der Waals surface area contributed by atoms with Crippen LogP contribution >= 0.6 is 22.7 Å². The molecule has 2 heterocycles. The monoisotopic (exact) mass is 486 g/mol. The number of sulfone groups is 1. The van der Waals surface area contributed by atoms with Crippen LogP contribution in [0.5, 0.6) is 0 Å². The molecule has 4 rings (SSSR count). The minimum atomic E-state index is -3.93. The Morgan fingerprint density at radius 2 is 1.78 bits per heavy atom. The number of rotatable bonds is 6. The van der Waals surface area contributed by atoms with Crippen molar-refractivity contribution in [3.05, 3.63) is 81.5 Å². The van der Waals surface area contributed by atoms with Crippen molar-refractivity contribution >= 4 is 49.2 Å². The number of nitrogens with one attached hydrogen (secondary N) is 1. The van der Waals surface area contributed by atoms with Crippen LogP contribution in [0.3, 0.4) is 0 Å². The van der Waals surface area contributed by atoms with E-state index in [1.165, 1.54) is 11.3 Å². The molecule has 0 aliphatic heterocycles. The van der Waals surface area contributed by atoms with Crippen LogP contribution in [0.25, 0.3) is 10.6 Å². The van der Waals surface area contributed by atoms with Crippen molar-refractivity contribution in [2.24, 2.45) is 0 Å². The molecular formula is C20H14N4O5S3. The number of aryl methyl sites for hydroxylation is 1. The van der Waals surface area contributed by atoms with Gasteiger partial charge in [0.2, 0.25) is 9.84 Å². The highest BCUT2D eigenvalue weighted by Gasteiger charge is 2.23. The number of carbonyl (C=O) groups excluding carboxylic acids is 1. The van der Waals surface area contributed by atoms with Gasteiger partial charge in [-0.2, -0.15) is 0 Å². The summed E-state index contributed by atoms with van der Waals surface area (Å²) in [5.41, 5.74) is 1.99. The SMILES string of the molecule is Cc1ccc(-c2nc(C(=O)Nc3ncc(S(=O)(=O)c4ccc([N+](=O)[O-])cc4)s3)cs2)cc1. The van der Waals surface area contributed by atoms with Crippen molar-refractivity contribution in [3.63, 3.8) is 0 Å². The van der Waals surface area contributed by atoms with Gasteiger partial charge in [0.25, 0.3) is 11.6 Å². The Morgan fingerprint density at radius 1 is 1.09 bits per heavy atom. The summed E-state index contributed by atoms with van der Waals surface area (Å²) < 4.78 is 25.4. The van der Waals surface area contributed by atoms with Crippen molar-refractivity contribution in [2.75, 3.05) is 5.32 Å². The van der Waals surface area contributed by atoms with Gasteiger partial charge >= 0.3 is 0 Å². The van der Waals surface area contributed by atoms with E-state index < -0.39 is 20.7 Å². The van der Waals surface area contributed by atoms with Crippen molar-refractivity contribution < 1.29 is 18.1 Å². The fourth-order valence-electron chi connectivity index (χ4n) is 2.67. The van der Waals surface area contributed by atoms with Crippen molar-refractivity contribution in [2.45, 2.75) is 16.0 Å². The summed E-state index contributed by atoms with van der Waals surface area (Å²) in [6, 6.07) is 12.3. The second-order valence-electron chi connectivity index (χ2n) is 6.60. The first-order valence-electron chi connectivity index (χ1n) is 9.03. The Kier molecular flexibility index (Phi) is 5.82. The van der Waals surface area contributed by atoms with Crippen LogP contribution in [-0.2, 0) is 9.84 Å². The minimum absolute atomic E-state index is 0.0970. The smallest absolute Gasteiger partial charge is 0.276 e. The lowest BCUT2D eigenvalue weighted by atomic mass is 10.2. The number of aromatic nitrogens is 2. The quantitative estimate of drug-likeness (QED) is 0.312. The average molecular weight is 487 g/mol. The Morgan fingerprint density at radius 3 is 2.44 bits per heavy atom. The number of hydrogen-bond donors (Lipinski definition) is 1. The third-order valence-corrected chi connectivity index (χ3v) is 8.40. The van der Waals surface area contributed by atoms with Crippen molar-refractivity contribution in [1.82, 2.24) is 9.97 Å². The van der Waals surface area contributed by atoms with Crippen LogP contribution in [0, 0.1) is 17.0 Å². The number of hydrogen-bond acceptors (Lipinski definition) is 9. The van der Waals surface area contributed by atoms with Gasteiger partial charge in [0.15, 0.2) is 5.13 Å². The maximum Gasteiger partial charge on any atom is 0.276 e. The molecule has 0 saturated carbocycles. The Bertz CT molecular complexity index is 1410. The van der Waals surface area contributed by atoms with Gasteiger partial charge in [-0.3, -0.25) is 20.2 Å². The number of nitro groups is 1. The zero-order chi connectivity index (χ0) is 22.9. The number of carbonyl (C=O) groups is 1. The van der Waals surface area contributed by atoms with E-state index in [0.29, 0.717) is 5.01 Å².